The highest BCUT2D eigenvalue weighted by Gasteiger charge is 2.36. The lowest BCUT2D eigenvalue weighted by atomic mass is 9.81. The third kappa shape index (κ3) is 6.82. The van der Waals surface area contributed by atoms with Crippen molar-refractivity contribution in [2.75, 3.05) is 23.3 Å². The fourth-order valence-corrected chi connectivity index (χ4v) is 6.44. The molecular weight excluding hydrogens is 593 g/mol. The van der Waals surface area contributed by atoms with Gasteiger partial charge in [0.2, 0.25) is 5.91 Å². The summed E-state index contributed by atoms with van der Waals surface area (Å²) in [5.74, 6) is -0.357. The van der Waals surface area contributed by atoms with E-state index in [1.54, 1.807) is 30.3 Å². The van der Waals surface area contributed by atoms with E-state index in [2.05, 4.69) is 10.6 Å². The molecule has 0 bridgehead atoms. The molecule has 3 amide bonds. The molecule has 10 nitrogen and oxygen atoms in total. The van der Waals surface area contributed by atoms with Crippen molar-refractivity contribution >= 4 is 58.0 Å². The first kappa shape index (κ1) is 30.5. The molecule has 0 spiro atoms. The predicted molar refractivity (Wildman–Crippen MR) is 166 cm³/mol. The van der Waals surface area contributed by atoms with Gasteiger partial charge in [0.1, 0.15) is 0 Å². The van der Waals surface area contributed by atoms with Crippen LogP contribution in [0.4, 0.5) is 17.1 Å². The highest BCUT2D eigenvalue weighted by atomic mass is 35.5. The number of hydrogen-bond acceptors (Lipinski definition) is 6. The van der Waals surface area contributed by atoms with Crippen molar-refractivity contribution in [3.8, 4) is 0 Å². The van der Waals surface area contributed by atoms with E-state index >= 15 is 0 Å². The van der Waals surface area contributed by atoms with E-state index in [9.17, 15) is 24.5 Å². The van der Waals surface area contributed by atoms with Gasteiger partial charge < -0.3 is 16.4 Å². The summed E-state index contributed by atoms with van der Waals surface area (Å²) in [7, 11) is 0. The van der Waals surface area contributed by atoms with Gasteiger partial charge in [-0.3, -0.25) is 29.4 Å². The number of nitro groups is 1. The fourth-order valence-electron chi connectivity index (χ4n) is 5.90. The van der Waals surface area contributed by atoms with Gasteiger partial charge in [0.25, 0.3) is 17.5 Å². The minimum absolute atomic E-state index is 0.139. The second-order valence-corrected chi connectivity index (χ2v) is 11.8. The third-order valence-electron chi connectivity index (χ3n) is 8.12. The Balaban J connectivity index is 1.49. The minimum Gasteiger partial charge on any atom is -0.352 e. The number of nitrogens with zero attached hydrogens (tertiary/aromatic N) is 2. The lowest BCUT2D eigenvalue weighted by Crippen LogP contribution is -2.35. The number of amides is 3. The number of carbonyl (C=O) groups excluding carboxylic acids is 3. The minimum atomic E-state index is -0.838. The summed E-state index contributed by atoms with van der Waals surface area (Å²) in [6, 6.07) is 14.0. The molecule has 1 aliphatic heterocycles. The Morgan fingerprint density at radius 3 is 2.44 bits per heavy atom. The molecular formula is C31H31Cl2N5O5. The van der Waals surface area contributed by atoms with Gasteiger partial charge in [0, 0.05) is 39.8 Å². The zero-order valence-electron chi connectivity index (χ0n) is 23.2. The van der Waals surface area contributed by atoms with E-state index in [4.69, 9.17) is 28.9 Å². The van der Waals surface area contributed by atoms with Crippen LogP contribution in [0.2, 0.25) is 10.0 Å². The highest BCUT2D eigenvalue weighted by Crippen LogP contribution is 2.42. The van der Waals surface area contributed by atoms with Crippen LogP contribution in [-0.2, 0) is 4.79 Å². The Morgan fingerprint density at radius 1 is 1.02 bits per heavy atom. The first-order valence-corrected chi connectivity index (χ1v) is 14.8. The molecule has 0 radical (unpaired) electrons. The molecule has 43 heavy (non-hydrogen) atoms. The Hall–Kier alpha value is -3.99. The van der Waals surface area contributed by atoms with Gasteiger partial charge in [-0.15, -0.1) is 0 Å². The summed E-state index contributed by atoms with van der Waals surface area (Å²) in [6.45, 7) is 1.17. The first-order chi connectivity index (χ1) is 20.6. The van der Waals surface area contributed by atoms with Crippen LogP contribution in [0.15, 0.2) is 60.7 Å². The standard InChI is InChI=1S/C31H31Cl2N5O5/c32-22-7-10-24(25(33)14-22)28-15-29(39)36-26-13-21(30(40)35-17-19-3-1-2-18(12-19)16-34)6-11-27(26)37(28)31(41)20-4-8-23(9-5-20)38(42)43/h4-11,13-14,18-19,28H,1-3,12,15-17,34H2,(H,35,40)(H,36,39). The number of benzene rings is 3. The average molecular weight is 625 g/mol. The molecule has 4 N–H and O–H groups in total. The quantitative estimate of drug-likeness (QED) is 0.213. The molecule has 5 rings (SSSR count). The Morgan fingerprint density at radius 2 is 1.74 bits per heavy atom. The van der Waals surface area contributed by atoms with Crippen molar-refractivity contribution in [2.45, 2.75) is 38.1 Å². The monoisotopic (exact) mass is 623 g/mol. The van der Waals surface area contributed by atoms with Gasteiger partial charge in [-0.1, -0.05) is 35.7 Å². The number of halogens is 2. The van der Waals surface area contributed by atoms with E-state index in [0.717, 1.165) is 25.7 Å². The van der Waals surface area contributed by atoms with Gasteiger partial charge in [-0.05, 0) is 85.7 Å². The predicted octanol–water partition coefficient (Wildman–Crippen LogP) is 6.13. The molecule has 3 unspecified atom stereocenters. The molecule has 1 fully saturated rings. The van der Waals surface area contributed by atoms with Crippen LogP contribution >= 0.6 is 23.2 Å². The van der Waals surface area contributed by atoms with Crippen molar-refractivity contribution in [3.63, 3.8) is 0 Å². The highest BCUT2D eigenvalue weighted by molar-refractivity contribution is 6.35. The number of rotatable bonds is 7. The SMILES string of the molecule is NCC1CCCC(CNC(=O)c2ccc3c(c2)NC(=O)CC(c2ccc(Cl)cc2Cl)N3C(=O)c2ccc([N+](=O)[O-])cc2)C1. The summed E-state index contributed by atoms with van der Waals surface area (Å²) >= 11 is 12.7. The fraction of sp³-hybridized carbons (Fsp3) is 0.323. The maximum Gasteiger partial charge on any atom is 0.269 e. The summed E-state index contributed by atoms with van der Waals surface area (Å²) in [4.78, 5) is 52.5. The third-order valence-corrected chi connectivity index (χ3v) is 8.69. The molecule has 224 valence electrons. The molecule has 1 aliphatic carbocycles. The lowest BCUT2D eigenvalue weighted by Gasteiger charge is -2.31. The molecule has 3 atom stereocenters. The molecule has 2 aliphatic rings. The number of nitrogens with two attached hydrogens (primary N) is 1. The summed E-state index contributed by atoms with van der Waals surface area (Å²) < 4.78 is 0. The van der Waals surface area contributed by atoms with E-state index in [1.165, 1.54) is 35.2 Å². The largest absolute Gasteiger partial charge is 0.352 e. The van der Waals surface area contributed by atoms with Crippen LogP contribution in [0.5, 0.6) is 0 Å². The van der Waals surface area contributed by atoms with Crippen molar-refractivity contribution < 1.29 is 19.3 Å². The molecule has 1 saturated carbocycles. The number of nitro benzene ring substituents is 1. The van der Waals surface area contributed by atoms with Crippen LogP contribution in [-0.4, -0.2) is 35.7 Å². The summed E-state index contributed by atoms with van der Waals surface area (Å²) in [6.07, 6.45) is 4.07. The van der Waals surface area contributed by atoms with Gasteiger partial charge >= 0.3 is 0 Å². The van der Waals surface area contributed by atoms with Gasteiger partial charge in [0.05, 0.1) is 28.8 Å². The molecule has 3 aromatic carbocycles. The molecule has 3 aromatic rings. The van der Waals surface area contributed by atoms with Gasteiger partial charge in [0.15, 0.2) is 0 Å². The van der Waals surface area contributed by atoms with Crippen molar-refractivity contribution in [1.29, 1.82) is 0 Å². The number of fused-ring (bicyclic) bond motifs is 1. The van der Waals surface area contributed by atoms with Crippen LogP contribution in [0.25, 0.3) is 0 Å². The lowest BCUT2D eigenvalue weighted by molar-refractivity contribution is -0.384. The Kier molecular flexibility index (Phi) is 9.29. The second kappa shape index (κ2) is 13.1. The average Bonchev–Trinajstić information content (AvgIpc) is 3.14. The number of non-ortho nitro benzene ring substituents is 1. The zero-order valence-corrected chi connectivity index (χ0v) is 24.7. The van der Waals surface area contributed by atoms with Crippen molar-refractivity contribution in [2.24, 2.45) is 17.6 Å². The van der Waals surface area contributed by atoms with Gasteiger partial charge in [-0.25, -0.2) is 0 Å². The maximum atomic E-state index is 14.1. The summed E-state index contributed by atoms with van der Waals surface area (Å²) in [5, 5.41) is 17.7. The van der Waals surface area contributed by atoms with E-state index in [1.807, 2.05) is 0 Å². The van der Waals surface area contributed by atoms with E-state index in [-0.39, 0.29) is 40.2 Å². The molecule has 0 aromatic heterocycles. The molecule has 1 heterocycles. The van der Waals surface area contributed by atoms with Crippen molar-refractivity contribution in [1.82, 2.24) is 5.32 Å². The molecule has 0 saturated heterocycles. The second-order valence-electron chi connectivity index (χ2n) is 11.0. The van der Waals surface area contributed by atoms with Crippen molar-refractivity contribution in [3.05, 3.63) is 97.5 Å². The van der Waals surface area contributed by atoms with Crippen LogP contribution < -0.4 is 21.3 Å². The Bertz CT molecular complexity index is 1560. The Labute approximate surface area is 258 Å². The first-order valence-electron chi connectivity index (χ1n) is 14.1. The molecule has 12 heteroatoms. The summed E-state index contributed by atoms with van der Waals surface area (Å²) in [5.41, 5.74) is 7.32. The van der Waals surface area contributed by atoms with Crippen LogP contribution in [0.3, 0.4) is 0 Å². The van der Waals surface area contributed by atoms with E-state index < -0.39 is 16.9 Å². The van der Waals surface area contributed by atoms with Crippen LogP contribution in [0, 0.1) is 22.0 Å². The smallest absolute Gasteiger partial charge is 0.269 e. The van der Waals surface area contributed by atoms with Crippen LogP contribution in [0.1, 0.15) is 64.4 Å². The van der Waals surface area contributed by atoms with Gasteiger partial charge in [-0.2, -0.15) is 0 Å². The number of nitrogens with one attached hydrogen (secondary N) is 2. The normalized spacial score (nSPS) is 20.0. The van der Waals surface area contributed by atoms with E-state index in [0.29, 0.717) is 46.8 Å². The zero-order chi connectivity index (χ0) is 30.7. The maximum absolute atomic E-state index is 14.1. The topological polar surface area (TPSA) is 148 Å². The number of carbonyl (C=O) groups is 3. The number of anilines is 2. The number of hydrogen-bond donors (Lipinski definition) is 3.